The van der Waals surface area contributed by atoms with Crippen LogP contribution in [-0.2, 0) is 6.54 Å². The van der Waals surface area contributed by atoms with Gasteiger partial charge in [0.05, 0.1) is 35.3 Å². The van der Waals surface area contributed by atoms with Crippen LogP contribution in [0.25, 0.3) is 11.5 Å². The molecule has 118 valence electrons. The van der Waals surface area contributed by atoms with Gasteiger partial charge in [-0.3, -0.25) is 9.88 Å². The molecule has 23 heavy (non-hydrogen) atoms. The highest BCUT2D eigenvalue weighted by Gasteiger charge is 2.27. The number of hydrogen-bond donors (Lipinski definition) is 1. The van der Waals surface area contributed by atoms with Gasteiger partial charge in [0.25, 0.3) is 0 Å². The van der Waals surface area contributed by atoms with Crippen molar-refractivity contribution in [2.24, 2.45) is 0 Å². The summed E-state index contributed by atoms with van der Waals surface area (Å²) in [5.74, 6) is 0.771. The molecule has 3 aromatic heterocycles. The number of H-pyrrole nitrogens is 1. The van der Waals surface area contributed by atoms with E-state index in [9.17, 15) is 0 Å². The van der Waals surface area contributed by atoms with Crippen molar-refractivity contribution in [1.29, 1.82) is 0 Å². The summed E-state index contributed by atoms with van der Waals surface area (Å²) in [4.78, 5) is 23.5. The third-order valence-electron chi connectivity index (χ3n) is 4.17. The first kappa shape index (κ1) is 14.5. The number of likely N-dealkylation sites (tertiary alicyclic amines) is 1. The van der Waals surface area contributed by atoms with Crippen LogP contribution in [0.2, 0.25) is 0 Å². The van der Waals surface area contributed by atoms with Crippen LogP contribution in [0.5, 0.6) is 0 Å². The number of hydrogen-bond acceptors (Lipinski definition) is 6. The normalized spacial score (nSPS) is 18.6. The van der Waals surface area contributed by atoms with Gasteiger partial charge in [-0.1, -0.05) is 0 Å². The lowest BCUT2D eigenvalue weighted by atomic mass is 10.1. The average molecular weight is 326 g/mol. The number of thiazole rings is 1. The van der Waals surface area contributed by atoms with E-state index in [-0.39, 0.29) is 0 Å². The molecule has 1 fully saturated rings. The summed E-state index contributed by atoms with van der Waals surface area (Å²) in [6, 6.07) is 0.330. The number of aromatic amines is 1. The molecule has 0 aromatic carbocycles. The standard InChI is InChI=1S/C16H18N6S/c1-11-5-19-16(21-11)14-7-17-13(6-18-14)15-3-2-4-22(15)8-12-9-23-10-20-12/h5-7,9-10,15H,2-4,8H2,1H3,(H,19,21)/t15-/m0/s1. The molecule has 4 heterocycles. The number of aromatic nitrogens is 5. The van der Waals surface area contributed by atoms with Crippen molar-refractivity contribution in [2.45, 2.75) is 32.4 Å². The topological polar surface area (TPSA) is 70.6 Å². The maximum atomic E-state index is 4.64. The summed E-state index contributed by atoms with van der Waals surface area (Å²) in [5, 5.41) is 2.11. The van der Waals surface area contributed by atoms with E-state index in [4.69, 9.17) is 0 Å². The lowest BCUT2D eigenvalue weighted by molar-refractivity contribution is 0.241. The summed E-state index contributed by atoms with van der Waals surface area (Å²) in [6.45, 7) is 3.95. The van der Waals surface area contributed by atoms with Crippen molar-refractivity contribution in [1.82, 2.24) is 29.8 Å². The largest absolute Gasteiger partial charge is 0.341 e. The van der Waals surface area contributed by atoms with Crippen LogP contribution < -0.4 is 0 Å². The van der Waals surface area contributed by atoms with Crippen molar-refractivity contribution in [3.8, 4) is 11.5 Å². The van der Waals surface area contributed by atoms with Crippen molar-refractivity contribution >= 4 is 11.3 Å². The molecule has 0 aliphatic carbocycles. The van der Waals surface area contributed by atoms with E-state index in [1.807, 2.05) is 24.8 Å². The Morgan fingerprint density at radius 2 is 2.17 bits per heavy atom. The molecule has 1 aliphatic heterocycles. The summed E-state index contributed by atoms with van der Waals surface area (Å²) in [5.41, 5.74) is 5.87. The number of imidazole rings is 1. The first-order chi connectivity index (χ1) is 11.3. The maximum absolute atomic E-state index is 4.64. The van der Waals surface area contributed by atoms with Gasteiger partial charge < -0.3 is 4.98 Å². The van der Waals surface area contributed by atoms with E-state index in [1.165, 1.54) is 6.42 Å². The quantitative estimate of drug-likeness (QED) is 0.798. The van der Waals surface area contributed by atoms with Crippen LogP contribution in [0.15, 0.2) is 29.5 Å². The fraction of sp³-hybridized carbons (Fsp3) is 0.375. The fourth-order valence-electron chi connectivity index (χ4n) is 3.05. The molecule has 0 unspecified atom stereocenters. The van der Waals surface area contributed by atoms with Crippen LogP contribution in [0, 0.1) is 6.92 Å². The Morgan fingerprint density at radius 3 is 2.87 bits per heavy atom. The molecule has 0 amide bonds. The second-order valence-electron chi connectivity index (χ2n) is 5.85. The SMILES string of the molecule is Cc1cnc(-c2cnc([C@@H]3CCCN3Cc3cscn3)cn2)[nH]1. The van der Waals surface area contributed by atoms with Crippen LogP contribution in [-0.4, -0.2) is 36.4 Å². The Bertz CT molecular complexity index is 764. The van der Waals surface area contributed by atoms with Gasteiger partial charge in [-0.25, -0.2) is 15.0 Å². The van der Waals surface area contributed by atoms with Gasteiger partial charge in [0.1, 0.15) is 5.69 Å². The van der Waals surface area contributed by atoms with Crippen LogP contribution in [0.1, 0.15) is 36.0 Å². The first-order valence-corrected chi connectivity index (χ1v) is 8.69. The minimum atomic E-state index is 0.330. The Kier molecular flexibility index (Phi) is 3.88. The summed E-state index contributed by atoms with van der Waals surface area (Å²) in [6.07, 6.45) is 7.81. The van der Waals surface area contributed by atoms with E-state index < -0.39 is 0 Å². The predicted octanol–water partition coefficient (Wildman–Crippen LogP) is 2.97. The monoisotopic (exact) mass is 326 g/mol. The maximum Gasteiger partial charge on any atom is 0.157 e. The van der Waals surface area contributed by atoms with Gasteiger partial charge in [-0.05, 0) is 26.3 Å². The van der Waals surface area contributed by atoms with E-state index in [2.05, 4.69) is 35.2 Å². The lowest BCUT2D eigenvalue weighted by Crippen LogP contribution is -2.23. The lowest BCUT2D eigenvalue weighted by Gasteiger charge is -2.22. The molecule has 1 N–H and O–H groups in total. The predicted molar refractivity (Wildman–Crippen MR) is 88.8 cm³/mol. The minimum absolute atomic E-state index is 0.330. The van der Waals surface area contributed by atoms with E-state index >= 15 is 0 Å². The minimum Gasteiger partial charge on any atom is -0.341 e. The summed E-state index contributed by atoms with van der Waals surface area (Å²) < 4.78 is 0. The van der Waals surface area contributed by atoms with Gasteiger partial charge in [0.15, 0.2) is 5.82 Å². The highest BCUT2D eigenvalue weighted by Crippen LogP contribution is 2.32. The number of nitrogens with zero attached hydrogens (tertiary/aromatic N) is 5. The molecule has 0 spiro atoms. The third-order valence-corrected chi connectivity index (χ3v) is 4.81. The average Bonchev–Trinajstić information content (AvgIpc) is 3.30. The van der Waals surface area contributed by atoms with Crippen LogP contribution >= 0.6 is 11.3 Å². The Morgan fingerprint density at radius 1 is 1.22 bits per heavy atom. The molecule has 1 atom stereocenters. The van der Waals surface area contributed by atoms with Crippen molar-refractivity contribution < 1.29 is 0 Å². The molecule has 7 heteroatoms. The third kappa shape index (κ3) is 3.02. The van der Waals surface area contributed by atoms with Gasteiger partial charge in [0.2, 0.25) is 0 Å². The van der Waals surface area contributed by atoms with Gasteiger partial charge in [0, 0.05) is 23.8 Å². The second kappa shape index (κ2) is 6.17. The number of aryl methyl sites for hydroxylation is 1. The van der Waals surface area contributed by atoms with E-state index in [1.54, 1.807) is 17.5 Å². The Balaban J connectivity index is 1.52. The number of nitrogens with one attached hydrogen (secondary N) is 1. The van der Waals surface area contributed by atoms with Gasteiger partial charge in [-0.2, -0.15) is 0 Å². The summed E-state index contributed by atoms with van der Waals surface area (Å²) >= 11 is 1.65. The van der Waals surface area contributed by atoms with E-state index in [0.717, 1.165) is 48.1 Å². The molecule has 1 aliphatic rings. The first-order valence-electron chi connectivity index (χ1n) is 7.74. The van der Waals surface area contributed by atoms with Crippen molar-refractivity contribution in [3.05, 3.63) is 46.6 Å². The Hall–Kier alpha value is -2.12. The summed E-state index contributed by atoms with van der Waals surface area (Å²) in [7, 11) is 0. The molecule has 3 aromatic rings. The van der Waals surface area contributed by atoms with Crippen LogP contribution in [0.4, 0.5) is 0 Å². The molecule has 4 rings (SSSR count). The Labute approximate surface area is 138 Å². The molecule has 1 saturated heterocycles. The van der Waals surface area contributed by atoms with Crippen molar-refractivity contribution in [2.75, 3.05) is 6.54 Å². The van der Waals surface area contributed by atoms with Gasteiger partial charge >= 0.3 is 0 Å². The molecular weight excluding hydrogens is 308 g/mol. The number of rotatable bonds is 4. The van der Waals surface area contributed by atoms with Crippen LogP contribution in [0.3, 0.4) is 0 Å². The molecular formula is C16H18N6S. The van der Waals surface area contributed by atoms with Gasteiger partial charge in [-0.15, -0.1) is 11.3 Å². The zero-order valence-corrected chi connectivity index (χ0v) is 13.8. The van der Waals surface area contributed by atoms with Crippen molar-refractivity contribution in [3.63, 3.8) is 0 Å². The molecule has 0 saturated carbocycles. The molecule has 6 nitrogen and oxygen atoms in total. The zero-order chi connectivity index (χ0) is 15.6. The molecule has 0 bridgehead atoms. The smallest absolute Gasteiger partial charge is 0.157 e. The fourth-order valence-corrected chi connectivity index (χ4v) is 3.60. The van der Waals surface area contributed by atoms with E-state index in [0.29, 0.717) is 6.04 Å². The highest BCUT2D eigenvalue weighted by atomic mass is 32.1. The highest BCUT2D eigenvalue weighted by molar-refractivity contribution is 7.07. The second-order valence-corrected chi connectivity index (χ2v) is 6.57. The zero-order valence-electron chi connectivity index (χ0n) is 12.9. The molecule has 0 radical (unpaired) electrons.